The second-order valence-electron chi connectivity index (χ2n) is 6.40. The minimum Gasteiger partial charge on any atom is -0.495 e. The van der Waals surface area contributed by atoms with Crippen LogP contribution < -0.4 is 15.4 Å². The van der Waals surface area contributed by atoms with Crippen LogP contribution in [0, 0.1) is 0 Å². The van der Waals surface area contributed by atoms with Gasteiger partial charge in [0.2, 0.25) is 5.95 Å². The number of aromatic nitrogens is 2. The van der Waals surface area contributed by atoms with E-state index in [1.54, 1.807) is 18.2 Å². The van der Waals surface area contributed by atoms with Crippen LogP contribution in [0.5, 0.6) is 5.75 Å². The van der Waals surface area contributed by atoms with E-state index in [1.807, 2.05) is 54.6 Å². The molecule has 7 nitrogen and oxygen atoms in total. The highest BCUT2D eigenvalue weighted by Gasteiger charge is 2.21. The van der Waals surface area contributed by atoms with Crippen molar-refractivity contribution in [3.63, 3.8) is 0 Å². The molecule has 1 aliphatic rings. The molecular formula is C21H21N5O2. The molecular weight excluding hydrogens is 354 g/mol. The second-order valence-corrected chi connectivity index (χ2v) is 6.40. The number of amides is 1. The van der Waals surface area contributed by atoms with Crippen LogP contribution in [0.25, 0.3) is 0 Å². The molecule has 0 bridgehead atoms. The van der Waals surface area contributed by atoms with Crippen molar-refractivity contribution < 1.29 is 9.53 Å². The molecule has 1 aromatic heterocycles. The summed E-state index contributed by atoms with van der Waals surface area (Å²) in [6.45, 7) is 1.66. The van der Waals surface area contributed by atoms with Gasteiger partial charge < -0.3 is 20.3 Å². The molecule has 7 heteroatoms. The zero-order chi connectivity index (χ0) is 19.3. The number of para-hydroxylation sites is 2. The summed E-state index contributed by atoms with van der Waals surface area (Å²) in [7, 11) is 1.62. The fourth-order valence-electron chi connectivity index (χ4n) is 3.14. The summed E-state index contributed by atoms with van der Waals surface area (Å²) in [4.78, 5) is 23.7. The van der Waals surface area contributed by atoms with Crippen molar-refractivity contribution in [1.29, 1.82) is 0 Å². The molecule has 2 N–H and O–H groups in total. The molecule has 2 aromatic carbocycles. The van der Waals surface area contributed by atoms with Crippen LogP contribution in [0.1, 0.15) is 16.1 Å². The average molecular weight is 375 g/mol. The van der Waals surface area contributed by atoms with Crippen molar-refractivity contribution in [2.45, 2.75) is 6.54 Å². The van der Waals surface area contributed by atoms with Crippen molar-refractivity contribution in [2.75, 3.05) is 30.8 Å². The van der Waals surface area contributed by atoms with Gasteiger partial charge in [-0.05, 0) is 24.3 Å². The van der Waals surface area contributed by atoms with Crippen molar-refractivity contribution in [1.82, 2.24) is 14.9 Å². The average Bonchev–Trinajstić information content (AvgIpc) is 2.96. The highest BCUT2D eigenvalue weighted by Crippen LogP contribution is 2.27. The molecule has 0 aliphatic carbocycles. The maximum absolute atomic E-state index is 12.8. The van der Waals surface area contributed by atoms with Crippen LogP contribution in [0.15, 0.2) is 60.8 Å². The zero-order valence-electron chi connectivity index (χ0n) is 15.6. The molecule has 4 rings (SSSR count). The van der Waals surface area contributed by atoms with Gasteiger partial charge in [-0.25, -0.2) is 9.97 Å². The first-order valence-electron chi connectivity index (χ1n) is 9.09. The first-order chi connectivity index (χ1) is 13.7. The predicted molar refractivity (Wildman–Crippen MR) is 108 cm³/mol. The van der Waals surface area contributed by atoms with Crippen molar-refractivity contribution >= 4 is 23.2 Å². The van der Waals surface area contributed by atoms with Gasteiger partial charge in [0.15, 0.2) is 0 Å². The number of hydrogen-bond acceptors (Lipinski definition) is 6. The molecule has 0 unspecified atom stereocenters. The van der Waals surface area contributed by atoms with Crippen LogP contribution in [-0.2, 0) is 6.54 Å². The highest BCUT2D eigenvalue weighted by atomic mass is 16.5. The lowest BCUT2D eigenvalue weighted by Crippen LogP contribution is -2.32. The number of nitrogens with one attached hydrogen (secondary N) is 2. The standard InChI is InChI=1S/C21H21N5O2/c1-28-19-10-6-5-9-16(19)24-21-23-13-17-18(25-21)14-26(12-11-22-17)20(27)15-7-3-2-4-8-15/h2-10,13,22H,11-12,14H2,1H3,(H,23,24,25). The molecule has 3 aromatic rings. The second kappa shape index (κ2) is 7.96. The van der Waals surface area contributed by atoms with Gasteiger partial charge in [-0.3, -0.25) is 4.79 Å². The van der Waals surface area contributed by atoms with Gasteiger partial charge in [-0.1, -0.05) is 30.3 Å². The van der Waals surface area contributed by atoms with E-state index < -0.39 is 0 Å². The first kappa shape index (κ1) is 17.8. The third-order valence-electron chi connectivity index (χ3n) is 4.57. The molecule has 1 amide bonds. The van der Waals surface area contributed by atoms with Crippen molar-refractivity contribution in [2.24, 2.45) is 0 Å². The third-order valence-corrected chi connectivity index (χ3v) is 4.57. The van der Waals surface area contributed by atoms with Crippen LogP contribution in [0.4, 0.5) is 17.3 Å². The number of anilines is 3. The summed E-state index contributed by atoms with van der Waals surface area (Å²) in [6, 6.07) is 16.9. The summed E-state index contributed by atoms with van der Waals surface area (Å²) in [6.07, 6.45) is 1.75. The minimum atomic E-state index is -0.00639. The van der Waals surface area contributed by atoms with Gasteiger partial charge in [-0.2, -0.15) is 0 Å². The number of fused-ring (bicyclic) bond motifs is 1. The zero-order valence-corrected chi connectivity index (χ0v) is 15.6. The minimum absolute atomic E-state index is 0.00639. The number of rotatable bonds is 4. The lowest BCUT2D eigenvalue weighted by atomic mass is 10.2. The number of carbonyl (C=O) groups excluding carboxylic acids is 1. The van der Waals surface area contributed by atoms with Gasteiger partial charge in [-0.15, -0.1) is 0 Å². The highest BCUT2D eigenvalue weighted by molar-refractivity contribution is 5.94. The van der Waals surface area contributed by atoms with E-state index >= 15 is 0 Å². The topological polar surface area (TPSA) is 79.4 Å². The Balaban J connectivity index is 1.58. The molecule has 0 saturated heterocycles. The number of benzene rings is 2. The van der Waals surface area contributed by atoms with Crippen molar-refractivity contribution in [3.8, 4) is 5.75 Å². The Morgan fingerprint density at radius 2 is 1.93 bits per heavy atom. The van der Waals surface area contributed by atoms with Gasteiger partial charge >= 0.3 is 0 Å². The maximum Gasteiger partial charge on any atom is 0.254 e. The maximum atomic E-state index is 12.8. The number of carbonyl (C=O) groups is 1. The van der Waals surface area contributed by atoms with E-state index in [4.69, 9.17) is 4.74 Å². The van der Waals surface area contributed by atoms with Crippen LogP contribution in [0.2, 0.25) is 0 Å². The lowest BCUT2D eigenvalue weighted by molar-refractivity contribution is 0.0751. The normalized spacial score (nSPS) is 13.1. The van der Waals surface area contributed by atoms with Crippen LogP contribution in [0.3, 0.4) is 0 Å². The Labute approximate surface area is 163 Å². The summed E-state index contributed by atoms with van der Waals surface area (Å²) in [5, 5.41) is 6.49. The fraction of sp³-hybridized carbons (Fsp3) is 0.190. The summed E-state index contributed by atoms with van der Waals surface area (Å²) in [5.74, 6) is 1.16. The van der Waals surface area contributed by atoms with E-state index in [9.17, 15) is 4.79 Å². The van der Waals surface area contributed by atoms with Crippen LogP contribution >= 0.6 is 0 Å². The largest absolute Gasteiger partial charge is 0.495 e. The Morgan fingerprint density at radius 3 is 2.75 bits per heavy atom. The quantitative estimate of drug-likeness (QED) is 0.728. The monoisotopic (exact) mass is 375 g/mol. The third kappa shape index (κ3) is 3.73. The first-order valence-corrected chi connectivity index (χ1v) is 9.09. The molecule has 0 spiro atoms. The van der Waals surface area contributed by atoms with E-state index in [2.05, 4.69) is 20.6 Å². The van der Waals surface area contributed by atoms with Gasteiger partial charge in [0.25, 0.3) is 5.91 Å². The van der Waals surface area contributed by atoms with Gasteiger partial charge in [0.05, 0.1) is 36.9 Å². The molecule has 0 radical (unpaired) electrons. The van der Waals surface area contributed by atoms with E-state index in [-0.39, 0.29) is 5.91 Å². The Kier molecular flexibility index (Phi) is 5.05. The Morgan fingerprint density at radius 1 is 1.14 bits per heavy atom. The summed E-state index contributed by atoms with van der Waals surface area (Å²) >= 11 is 0. The number of hydrogen-bond donors (Lipinski definition) is 2. The van der Waals surface area contributed by atoms with Crippen LogP contribution in [-0.4, -0.2) is 41.0 Å². The number of nitrogens with zero attached hydrogens (tertiary/aromatic N) is 3. The number of ether oxygens (including phenoxy) is 1. The molecule has 2 heterocycles. The number of methoxy groups -OCH3 is 1. The van der Waals surface area contributed by atoms with E-state index in [0.29, 0.717) is 36.9 Å². The summed E-state index contributed by atoms with van der Waals surface area (Å²) in [5.41, 5.74) is 3.07. The molecule has 0 atom stereocenters. The van der Waals surface area contributed by atoms with Gasteiger partial charge in [0, 0.05) is 18.7 Å². The predicted octanol–water partition coefficient (Wildman–Crippen LogP) is 3.30. The fourth-order valence-corrected chi connectivity index (χ4v) is 3.14. The Bertz CT molecular complexity index is 978. The lowest BCUT2D eigenvalue weighted by Gasteiger charge is -2.20. The SMILES string of the molecule is COc1ccccc1Nc1ncc2c(n1)CN(C(=O)c1ccccc1)CCN2. The molecule has 28 heavy (non-hydrogen) atoms. The van der Waals surface area contributed by atoms with E-state index in [1.165, 1.54) is 0 Å². The smallest absolute Gasteiger partial charge is 0.254 e. The molecule has 0 saturated carbocycles. The Hall–Kier alpha value is -3.61. The van der Waals surface area contributed by atoms with E-state index in [0.717, 1.165) is 17.1 Å². The van der Waals surface area contributed by atoms with Gasteiger partial charge in [0.1, 0.15) is 5.75 Å². The molecule has 0 fully saturated rings. The summed E-state index contributed by atoms with van der Waals surface area (Å²) < 4.78 is 5.36. The molecule has 142 valence electrons. The molecule has 1 aliphatic heterocycles. The van der Waals surface area contributed by atoms with Crippen molar-refractivity contribution in [3.05, 3.63) is 72.1 Å².